The topological polar surface area (TPSA) is 35.6 Å². The third kappa shape index (κ3) is 6.07. The summed E-state index contributed by atoms with van der Waals surface area (Å²) >= 11 is 6.44. The Morgan fingerprint density at radius 2 is 1.62 bits per heavy atom. The van der Waals surface area contributed by atoms with Crippen LogP contribution in [0, 0.1) is 23.2 Å². The van der Waals surface area contributed by atoms with Crippen LogP contribution < -0.4 is 5.32 Å². The highest BCUT2D eigenvalue weighted by molar-refractivity contribution is 6.33. The quantitative estimate of drug-likeness (QED) is 0.499. The molecule has 0 unspecified atom stereocenters. The van der Waals surface area contributed by atoms with Gasteiger partial charge >= 0.3 is 0 Å². The molecule has 1 amide bonds. The summed E-state index contributed by atoms with van der Waals surface area (Å²) in [5, 5.41) is 3.86. The van der Waals surface area contributed by atoms with Crippen LogP contribution in [0.15, 0.2) is 18.2 Å². The second-order valence-electron chi connectivity index (χ2n) is 11.5. The predicted molar refractivity (Wildman–Crippen MR) is 133 cm³/mol. The summed E-state index contributed by atoms with van der Waals surface area (Å²) in [6.45, 7) is 4.15. The number of benzene rings is 1. The molecule has 1 N–H and O–H groups in total. The highest BCUT2D eigenvalue weighted by atomic mass is 35.5. The van der Waals surface area contributed by atoms with Crippen molar-refractivity contribution in [2.24, 2.45) is 23.2 Å². The summed E-state index contributed by atoms with van der Waals surface area (Å²) in [6.07, 6.45) is 11.5. The number of hydrogen-bond donors (Lipinski definition) is 1. The number of nitrogens with zero attached hydrogens (tertiary/aromatic N) is 2. The van der Waals surface area contributed by atoms with E-state index in [1.807, 2.05) is 12.1 Å². The molecule has 4 aliphatic carbocycles. The molecule has 4 nitrogen and oxygen atoms in total. The highest BCUT2D eigenvalue weighted by Crippen LogP contribution is 2.59. The zero-order valence-corrected chi connectivity index (χ0v) is 21.1. The Balaban J connectivity index is 1.26. The molecular weight excluding hydrogens is 418 g/mol. The summed E-state index contributed by atoms with van der Waals surface area (Å²) in [4.78, 5) is 17.7. The van der Waals surface area contributed by atoms with E-state index in [-0.39, 0.29) is 5.91 Å². The van der Waals surface area contributed by atoms with Gasteiger partial charge in [0.1, 0.15) is 0 Å². The average Bonchev–Trinajstić information content (AvgIpc) is 2.72. The van der Waals surface area contributed by atoms with Gasteiger partial charge in [-0.3, -0.25) is 4.79 Å². The molecule has 5 heteroatoms. The number of rotatable bonds is 11. The molecular formula is C27H42ClN3O. The van der Waals surface area contributed by atoms with Crippen molar-refractivity contribution in [2.75, 3.05) is 47.3 Å². The standard InChI is InChI=1S/C27H42ClN3O/c1-30(2)9-5-11-31(3)10-4-6-20-7-8-25(28)24(15-20)26(32)29-19-27-16-21-12-22(17-27)14-23(13-21)18-27/h7-8,15,21-23H,4-6,9-14,16-19H2,1-3H3,(H,29,32). The van der Waals surface area contributed by atoms with Crippen molar-refractivity contribution in [3.8, 4) is 0 Å². The molecule has 4 fully saturated rings. The first-order chi connectivity index (χ1) is 15.3. The minimum Gasteiger partial charge on any atom is -0.351 e. The molecule has 1 aromatic rings. The molecule has 4 aliphatic rings. The summed E-state index contributed by atoms with van der Waals surface area (Å²) in [5.74, 6) is 2.73. The van der Waals surface area contributed by atoms with Crippen LogP contribution in [-0.2, 0) is 6.42 Å². The number of carbonyl (C=O) groups is 1. The van der Waals surface area contributed by atoms with Gasteiger partial charge in [0.05, 0.1) is 10.6 Å². The van der Waals surface area contributed by atoms with Crippen molar-refractivity contribution >= 4 is 17.5 Å². The van der Waals surface area contributed by atoms with Crippen molar-refractivity contribution in [1.29, 1.82) is 0 Å². The van der Waals surface area contributed by atoms with Gasteiger partial charge < -0.3 is 15.1 Å². The van der Waals surface area contributed by atoms with Crippen molar-refractivity contribution in [3.05, 3.63) is 34.3 Å². The molecule has 0 atom stereocenters. The Bertz CT molecular complexity index is 758. The first kappa shape index (κ1) is 24.0. The van der Waals surface area contributed by atoms with Crippen molar-refractivity contribution in [2.45, 2.75) is 57.8 Å². The van der Waals surface area contributed by atoms with Gasteiger partial charge in [0.2, 0.25) is 0 Å². The lowest BCUT2D eigenvalue weighted by molar-refractivity contribution is -0.0503. The Kier molecular flexibility index (Phi) is 7.85. The van der Waals surface area contributed by atoms with E-state index in [4.69, 9.17) is 11.6 Å². The molecule has 0 spiro atoms. The SMILES string of the molecule is CN(C)CCCN(C)CCCc1ccc(Cl)c(C(=O)NCC23CC4CC(CC(C4)C2)C3)c1. The van der Waals surface area contributed by atoms with Crippen molar-refractivity contribution in [1.82, 2.24) is 15.1 Å². The fourth-order valence-electron chi connectivity index (χ4n) is 7.09. The van der Waals surface area contributed by atoms with Gasteiger partial charge in [0.15, 0.2) is 0 Å². The van der Waals surface area contributed by atoms with E-state index < -0.39 is 0 Å². The van der Waals surface area contributed by atoms with E-state index in [9.17, 15) is 4.79 Å². The fraction of sp³-hybridized carbons (Fsp3) is 0.741. The maximum Gasteiger partial charge on any atom is 0.252 e. The first-order valence-corrected chi connectivity index (χ1v) is 13.1. The van der Waals surface area contributed by atoms with E-state index in [1.165, 1.54) is 50.5 Å². The van der Waals surface area contributed by atoms with Crippen LogP contribution in [0.4, 0.5) is 0 Å². The van der Waals surface area contributed by atoms with Gasteiger partial charge in [-0.2, -0.15) is 0 Å². The Hall–Kier alpha value is -1.10. The monoisotopic (exact) mass is 459 g/mol. The molecule has 0 saturated heterocycles. The van der Waals surface area contributed by atoms with Crippen LogP contribution in [0.3, 0.4) is 0 Å². The number of carbonyl (C=O) groups excluding carboxylic acids is 1. The van der Waals surface area contributed by atoms with E-state index in [0.29, 0.717) is 16.0 Å². The fourth-order valence-corrected chi connectivity index (χ4v) is 7.30. The highest BCUT2D eigenvalue weighted by Gasteiger charge is 2.50. The number of halogens is 1. The number of aryl methyl sites for hydroxylation is 1. The maximum atomic E-state index is 13.1. The molecule has 4 bridgehead atoms. The van der Waals surface area contributed by atoms with Crippen LogP contribution >= 0.6 is 11.6 Å². The first-order valence-electron chi connectivity index (χ1n) is 12.7. The van der Waals surface area contributed by atoms with Gasteiger partial charge in [0.25, 0.3) is 5.91 Å². The molecule has 0 radical (unpaired) electrons. The largest absolute Gasteiger partial charge is 0.351 e. The molecule has 4 saturated carbocycles. The van der Waals surface area contributed by atoms with E-state index in [2.05, 4.69) is 42.3 Å². The van der Waals surface area contributed by atoms with Gasteiger partial charge in [-0.25, -0.2) is 0 Å². The molecule has 178 valence electrons. The Labute approximate surface area is 200 Å². The molecule has 0 aliphatic heterocycles. The van der Waals surface area contributed by atoms with Crippen LogP contribution in [-0.4, -0.2) is 63.0 Å². The minimum absolute atomic E-state index is 0.00778. The third-order valence-electron chi connectivity index (χ3n) is 8.21. The summed E-state index contributed by atoms with van der Waals surface area (Å²) in [5.41, 5.74) is 2.20. The van der Waals surface area contributed by atoms with Crippen LogP contribution in [0.25, 0.3) is 0 Å². The lowest BCUT2D eigenvalue weighted by Crippen LogP contribution is -2.51. The zero-order valence-electron chi connectivity index (χ0n) is 20.3. The normalized spacial score (nSPS) is 28.6. The molecule has 5 rings (SSSR count). The third-order valence-corrected chi connectivity index (χ3v) is 8.54. The number of hydrogen-bond acceptors (Lipinski definition) is 3. The van der Waals surface area contributed by atoms with Gasteiger partial charge in [-0.15, -0.1) is 0 Å². The molecule has 0 aromatic heterocycles. The van der Waals surface area contributed by atoms with Gasteiger partial charge in [-0.05, 0) is 139 Å². The predicted octanol–water partition coefficient (Wildman–Crippen LogP) is 5.10. The summed E-state index contributed by atoms with van der Waals surface area (Å²) in [6, 6.07) is 5.99. The number of nitrogens with one attached hydrogen (secondary N) is 1. The van der Waals surface area contributed by atoms with Crippen LogP contribution in [0.2, 0.25) is 5.02 Å². The van der Waals surface area contributed by atoms with Crippen LogP contribution in [0.1, 0.15) is 67.3 Å². The molecule has 1 aromatic carbocycles. The van der Waals surface area contributed by atoms with E-state index >= 15 is 0 Å². The van der Waals surface area contributed by atoms with Crippen LogP contribution in [0.5, 0.6) is 0 Å². The second kappa shape index (κ2) is 10.4. The van der Waals surface area contributed by atoms with E-state index in [1.54, 1.807) is 0 Å². The molecule has 32 heavy (non-hydrogen) atoms. The minimum atomic E-state index is 0.00778. The van der Waals surface area contributed by atoms with E-state index in [0.717, 1.165) is 56.8 Å². The van der Waals surface area contributed by atoms with Gasteiger partial charge in [-0.1, -0.05) is 17.7 Å². The zero-order chi connectivity index (χ0) is 22.7. The van der Waals surface area contributed by atoms with Crippen molar-refractivity contribution in [3.63, 3.8) is 0 Å². The second-order valence-corrected chi connectivity index (χ2v) is 11.9. The Morgan fingerprint density at radius 3 is 2.25 bits per heavy atom. The smallest absolute Gasteiger partial charge is 0.252 e. The molecule has 0 heterocycles. The summed E-state index contributed by atoms with van der Waals surface area (Å²) in [7, 11) is 6.44. The summed E-state index contributed by atoms with van der Waals surface area (Å²) < 4.78 is 0. The maximum absolute atomic E-state index is 13.1. The van der Waals surface area contributed by atoms with Gasteiger partial charge in [0, 0.05) is 6.54 Å². The number of amides is 1. The Morgan fingerprint density at radius 1 is 1.00 bits per heavy atom. The van der Waals surface area contributed by atoms with Crippen molar-refractivity contribution < 1.29 is 4.79 Å². The lowest BCUT2D eigenvalue weighted by atomic mass is 9.49. The average molecular weight is 460 g/mol. The lowest BCUT2D eigenvalue weighted by Gasteiger charge is -2.56.